The van der Waals surface area contributed by atoms with Crippen molar-refractivity contribution < 1.29 is 19.4 Å². The number of phenolic OH excluding ortho intramolecular Hbond substituents is 1. The lowest BCUT2D eigenvalue weighted by Crippen LogP contribution is -2.25. The van der Waals surface area contributed by atoms with Gasteiger partial charge in [-0.15, -0.1) is 0 Å². The Kier molecular flexibility index (Phi) is 5.25. The molecule has 0 aromatic heterocycles. The first kappa shape index (κ1) is 15.7. The van der Waals surface area contributed by atoms with Crippen molar-refractivity contribution >= 4 is 5.91 Å². The number of phenols is 1. The van der Waals surface area contributed by atoms with Crippen LogP contribution in [-0.4, -0.2) is 31.8 Å². The number of aromatic hydroxyl groups is 1. The molecular formula is C17H19NO4. The van der Waals surface area contributed by atoms with Gasteiger partial charge in [-0.2, -0.15) is 0 Å². The van der Waals surface area contributed by atoms with E-state index in [4.69, 9.17) is 9.47 Å². The molecule has 0 atom stereocenters. The van der Waals surface area contributed by atoms with Crippen LogP contribution in [-0.2, 0) is 6.42 Å². The third-order valence-electron chi connectivity index (χ3n) is 3.32. The molecule has 5 nitrogen and oxygen atoms in total. The van der Waals surface area contributed by atoms with Crippen LogP contribution in [0.15, 0.2) is 42.5 Å². The van der Waals surface area contributed by atoms with Crippen LogP contribution in [0.2, 0.25) is 0 Å². The predicted octanol–water partition coefficient (Wildman–Crippen LogP) is 2.38. The number of ether oxygens (including phenoxy) is 2. The number of para-hydroxylation sites is 1. The monoisotopic (exact) mass is 301 g/mol. The molecule has 0 saturated carbocycles. The zero-order chi connectivity index (χ0) is 15.9. The fourth-order valence-corrected chi connectivity index (χ4v) is 2.14. The van der Waals surface area contributed by atoms with Crippen LogP contribution in [0.1, 0.15) is 15.9 Å². The van der Waals surface area contributed by atoms with Gasteiger partial charge in [0.15, 0.2) is 0 Å². The Balaban J connectivity index is 1.98. The molecule has 0 unspecified atom stereocenters. The average Bonchev–Trinajstić information content (AvgIpc) is 2.55. The maximum Gasteiger partial charge on any atom is 0.255 e. The van der Waals surface area contributed by atoms with Crippen LogP contribution in [0, 0.1) is 0 Å². The highest BCUT2D eigenvalue weighted by atomic mass is 16.5. The Morgan fingerprint density at radius 2 is 1.91 bits per heavy atom. The molecule has 116 valence electrons. The highest BCUT2D eigenvalue weighted by Gasteiger charge is 2.12. The van der Waals surface area contributed by atoms with Gasteiger partial charge < -0.3 is 19.9 Å². The van der Waals surface area contributed by atoms with E-state index in [0.29, 0.717) is 18.7 Å². The van der Waals surface area contributed by atoms with Crippen LogP contribution in [0.3, 0.4) is 0 Å². The van der Waals surface area contributed by atoms with Crippen LogP contribution >= 0.6 is 0 Å². The summed E-state index contributed by atoms with van der Waals surface area (Å²) in [6.45, 7) is 0.440. The SMILES string of the molecule is COc1ccc(O)c(C(=O)NCCc2ccccc2OC)c1. The maximum absolute atomic E-state index is 12.1. The Hall–Kier alpha value is -2.69. The molecule has 0 heterocycles. The van der Waals surface area contributed by atoms with E-state index < -0.39 is 0 Å². The van der Waals surface area contributed by atoms with E-state index in [1.807, 2.05) is 24.3 Å². The standard InChI is InChI=1S/C17H19NO4/c1-21-13-7-8-15(19)14(11-13)17(20)18-10-9-12-5-3-4-6-16(12)22-2/h3-8,11,19H,9-10H2,1-2H3,(H,18,20). The van der Waals surface area contributed by atoms with Crippen LogP contribution in [0.25, 0.3) is 0 Å². The minimum absolute atomic E-state index is 0.0735. The lowest BCUT2D eigenvalue weighted by atomic mass is 10.1. The van der Waals surface area contributed by atoms with Crippen molar-refractivity contribution in [2.45, 2.75) is 6.42 Å². The van der Waals surface area contributed by atoms with Gasteiger partial charge in [-0.05, 0) is 36.2 Å². The molecule has 0 spiro atoms. The summed E-state index contributed by atoms with van der Waals surface area (Å²) < 4.78 is 10.3. The largest absolute Gasteiger partial charge is 0.507 e. The van der Waals surface area contributed by atoms with Gasteiger partial charge in [0.2, 0.25) is 0 Å². The van der Waals surface area contributed by atoms with Crippen molar-refractivity contribution in [2.75, 3.05) is 20.8 Å². The first-order chi connectivity index (χ1) is 10.7. The number of hydrogen-bond donors (Lipinski definition) is 2. The summed E-state index contributed by atoms with van der Waals surface area (Å²) in [5, 5.41) is 12.5. The molecule has 2 aromatic carbocycles. The zero-order valence-corrected chi connectivity index (χ0v) is 12.6. The molecule has 22 heavy (non-hydrogen) atoms. The number of carbonyl (C=O) groups excluding carboxylic acids is 1. The lowest BCUT2D eigenvalue weighted by molar-refractivity contribution is 0.0951. The molecule has 0 aliphatic carbocycles. The van der Waals surface area contributed by atoms with Crippen molar-refractivity contribution in [1.82, 2.24) is 5.32 Å². The Bertz CT molecular complexity index is 655. The van der Waals surface area contributed by atoms with Gasteiger partial charge in [-0.25, -0.2) is 0 Å². The van der Waals surface area contributed by atoms with E-state index in [2.05, 4.69) is 5.32 Å². The number of rotatable bonds is 6. The molecule has 2 N–H and O–H groups in total. The highest BCUT2D eigenvalue weighted by molar-refractivity contribution is 5.97. The van der Waals surface area contributed by atoms with Crippen molar-refractivity contribution in [1.29, 1.82) is 0 Å². The second-order valence-corrected chi connectivity index (χ2v) is 4.70. The summed E-state index contributed by atoms with van der Waals surface area (Å²) in [5.41, 5.74) is 1.21. The van der Waals surface area contributed by atoms with E-state index in [9.17, 15) is 9.90 Å². The topological polar surface area (TPSA) is 67.8 Å². The third kappa shape index (κ3) is 3.69. The molecule has 0 aliphatic heterocycles. The average molecular weight is 301 g/mol. The number of methoxy groups -OCH3 is 2. The molecule has 0 radical (unpaired) electrons. The van der Waals surface area contributed by atoms with E-state index >= 15 is 0 Å². The van der Waals surface area contributed by atoms with E-state index in [0.717, 1.165) is 11.3 Å². The normalized spacial score (nSPS) is 10.1. The third-order valence-corrected chi connectivity index (χ3v) is 3.32. The van der Waals surface area contributed by atoms with Crippen LogP contribution in [0.4, 0.5) is 0 Å². The van der Waals surface area contributed by atoms with Gasteiger partial charge in [-0.3, -0.25) is 4.79 Å². The summed E-state index contributed by atoms with van der Waals surface area (Å²) in [6.07, 6.45) is 0.639. The lowest BCUT2D eigenvalue weighted by Gasteiger charge is -2.10. The van der Waals surface area contributed by atoms with Crippen molar-refractivity contribution in [3.8, 4) is 17.2 Å². The summed E-state index contributed by atoms with van der Waals surface area (Å²) >= 11 is 0. The minimum atomic E-state index is -0.341. The summed E-state index contributed by atoms with van der Waals surface area (Å²) in [7, 11) is 3.13. The van der Waals surface area contributed by atoms with Crippen molar-refractivity contribution in [2.24, 2.45) is 0 Å². The second kappa shape index (κ2) is 7.36. The molecule has 1 amide bonds. The highest BCUT2D eigenvalue weighted by Crippen LogP contribution is 2.22. The van der Waals surface area contributed by atoms with Crippen LogP contribution in [0.5, 0.6) is 17.2 Å². The summed E-state index contributed by atoms with van der Waals surface area (Å²) in [6, 6.07) is 12.2. The summed E-state index contributed by atoms with van der Waals surface area (Å²) in [4.78, 5) is 12.1. The number of benzene rings is 2. The quantitative estimate of drug-likeness (QED) is 0.859. The maximum atomic E-state index is 12.1. The van der Waals surface area contributed by atoms with Crippen LogP contribution < -0.4 is 14.8 Å². The predicted molar refractivity (Wildman–Crippen MR) is 83.7 cm³/mol. The molecule has 0 bridgehead atoms. The van der Waals surface area contributed by atoms with Crippen molar-refractivity contribution in [3.63, 3.8) is 0 Å². The molecule has 2 rings (SSSR count). The molecule has 5 heteroatoms. The fourth-order valence-electron chi connectivity index (χ4n) is 2.14. The Labute approximate surface area is 129 Å². The van der Waals surface area contributed by atoms with Gasteiger partial charge >= 0.3 is 0 Å². The molecule has 0 aliphatic rings. The fraction of sp³-hybridized carbons (Fsp3) is 0.235. The number of amides is 1. The summed E-state index contributed by atoms with van der Waals surface area (Å²) in [5.74, 6) is 0.899. The number of nitrogens with one attached hydrogen (secondary N) is 1. The van der Waals surface area contributed by atoms with Gasteiger partial charge in [0, 0.05) is 6.54 Å². The number of carbonyl (C=O) groups is 1. The van der Waals surface area contributed by atoms with Gasteiger partial charge in [0.1, 0.15) is 17.2 Å². The molecule has 0 fully saturated rings. The Morgan fingerprint density at radius 1 is 1.14 bits per heavy atom. The van der Waals surface area contributed by atoms with Gasteiger partial charge in [-0.1, -0.05) is 18.2 Å². The van der Waals surface area contributed by atoms with Crippen molar-refractivity contribution in [3.05, 3.63) is 53.6 Å². The van der Waals surface area contributed by atoms with E-state index in [-0.39, 0.29) is 17.2 Å². The zero-order valence-electron chi connectivity index (χ0n) is 12.6. The molecule has 2 aromatic rings. The smallest absolute Gasteiger partial charge is 0.255 e. The Morgan fingerprint density at radius 3 is 2.64 bits per heavy atom. The molecule has 0 saturated heterocycles. The first-order valence-electron chi connectivity index (χ1n) is 6.92. The van der Waals surface area contributed by atoms with E-state index in [1.165, 1.54) is 19.2 Å². The number of hydrogen-bond acceptors (Lipinski definition) is 4. The first-order valence-corrected chi connectivity index (χ1v) is 6.92. The minimum Gasteiger partial charge on any atom is -0.507 e. The van der Waals surface area contributed by atoms with Gasteiger partial charge in [0.25, 0.3) is 5.91 Å². The second-order valence-electron chi connectivity index (χ2n) is 4.70. The van der Waals surface area contributed by atoms with Gasteiger partial charge in [0.05, 0.1) is 19.8 Å². The van der Waals surface area contributed by atoms with E-state index in [1.54, 1.807) is 13.2 Å². The molecular weight excluding hydrogens is 282 g/mol.